The molecule has 0 amide bonds. The Morgan fingerprint density at radius 1 is 0.412 bits per heavy atom. The van der Waals surface area contributed by atoms with Crippen molar-refractivity contribution in [3.05, 3.63) is 0 Å². The Labute approximate surface area is 123 Å². The molecule has 12 nitrogen and oxygen atoms in total. The summed E-state index contributed by atoms with van der Waals surface area (Å²) in [4.78, 5) is 0. The fourth-order valence-electron chi connectivity index (χ4n) is 0. The van der Waals surface area contributed by atoms with E-state index < -0.39 is 31.2 Å². The van der Waals surface area contributed by atoms with Crippen LogP contribution in [0.2, 0.25) is 0 Å². The van der Waals surface area contributed by atoms with Crippen LogP contribution in [0.25, 0.3) is 0 Å². The summed E-state index contributed by atoms with van der Waals surface area (Å²) in [5.74, 6) is 0. The van der Waals surface area contributed by atoms with Crippen molar-refractivity contribution in [2.24, 2.45) is 0 Å². The van der Waals surface area contributed by atoms with Gasteiger partial charge in [0.25, 0.3) is 0 Å². The summed E-state index contributed by atoms with van der Waals surface area (Å²) in [6, 6.07) is 0. The maximum absolute atomic E-state index is 8.52. The van der Waals surface area contributed by atoms with Crippen LogP contribution in [-0.4, -0.2) is 52.6 Å². The molecule has 0 heterocycles. The first-order chi connectivity index (χ1) is 6.00. The second-order valence-corrected chi connectivity index (χ2v) is 3.67. The Morgan fingerprint density at radius 3 is 0.412 bits per heavy atom. The summed E-state index contributed by atoms with van der Waals surface area (Å²) in [7, 11) is -15.5. The van der Waals surface area contributed by atoms with Crippen LogP contribution in [0.1, 0.15) is 0 Å². The molecule has 0 aromatic rings. The SMILES string of the molecule is O=S(=O)([O-])[O-].O=S(=O)([O-])[O-].O=S(=O)([O-])[O-].[Ir+3].[Ir+3]. The second kappa shape index (κ2) is 12.0. The zero-order chi connectivity index (χ0) is 13.5. The molecule has 0 radical (unpaired) electrons. The molecule has 0 unspecified atom stereocenters. The molecule has 0 saturated heterocycles. The predicted octanol–water partition coefficient (Wildman–Crippen LogP) is -4.02. The van der Waals surface area contributed by atoms with Gasteiger partial charge in [-0.2, -0.15) is 0 Å². The van der Waals surface area contributed by atoms with Crippen LogP contribution in [0, 0.1) is 0 Å². The van der Waals surface area contributed by atoms with Gasteiger partial charge in [-0.05, 0) is 0 Å². The van der Waals surface area contributed by atoms with Gasteiger partial charge in [-0.3, -0.25) is 25.3 Å². The van der Waals surface area contributed by atoms with E-state index in [1.54, 1.807) is 0 Å². The van der Waals surface area contributed by atoms with Gasteiger partial charge in [0.15, 0.2) is 0 Å². The van der Waals surface area contributed by atoms with E-state index in [9.17, 15) is 0 Å². The van der Waals surface area contributed by atoms with Gasteiger partial charge in [0.2, 0.25) is 0 Å². The van der Waals surface area contributed by atoms with E-state index in [0.717, 1.165) is 0 Å². The van der Waals surface area contributed by atoms with Crippen molar-refractivity contribution < 1.29 is 92.8 Å². The molecule has 0 bridgehead atoms. The molecule has 0 saturated carbocycles. The summed E-state index contributed by atoms with van der Waals surface area (Å²) in [5.41, 5.74) is 0. The molecule has 0 aromatic heterocycles. The second-order valence-electron chi connectivity index (χ2n) is 1.22. The van der Waals surface area contributed by atoms with Crippen molar-refractivity contribution in [3.63, 3.8) is 0 Å². The van der Waals surface area contributed by atoms with Crippen LogP contribution < -0.4 is 0 Å². The van der Waals surface area contributed by atoms with Crippen LogP contribution in [0.15, 0.2) is 0 Å². The quantitative estimate of drug-likeness (QED) is 0.177. The molecule has 0 rings (SSSR count). The van der Waals surface area contributed by atoms with Gasteiger partial charge in [0, 0.05) is 31.2 Å². The molecule has 17 heteroatoms. The van der Waals surface area contributed by atoms with Gasteiger partial charge < -0.3 is 27.3 Å². The summed E-state index contributed by atoms with van der Waals surface area (Å²) >= 11 is 0. The summed E-state index contributed by atoms with van der Waals surface area (Å²) < 4.78 is 102. The molecule has 0 aliphatic rings. The fraction of sp³-hybridized carbons (Fsp3) is 0. The first-order valence-corrected chi connectivity index (χ1v) is 6.00. The summed E-state index contributed by atoms with van der Waals surface area (Å²) in [6.07, 6.45) is 0. The van der Waals surface area contributed by atoms with Crippen molar-refractivity contribution in [1.82, 2.24) is 0 Å². The van der Waals surface area contributed by atoms with Crippen LogP contribution in [-0.2, 0) is 71.4 Å². The Hall–Kier alpha value is 0.909. The Bertz CT molecular complexity index is 341. The topological polar surface area (TPSA) is 241 Å². The van der Waals surface area contributed by atoms with Crippen molar-refractivity contribution in [3.8, 4) is 0 Å². The first-order valence-electron chi connectivity index (χ1n) is 2.00. The maximum atomic E-state index is 8.52. The van der Waals surface area contributed by atoms with E-state index in [4.69, 9.17) is 52.6 Å². The molecular weight excluding hydrogens is 673 g/mol. The smallest absolute Gasteiger partial charge is 0.759 e. The minimum absolute atomic E-state index is 0. The molecule has 0 spiro atoms. The van der Waals surface area contributed by atoms with Crippen LogP contribution in [0.3, 0.4) is 0 Å². The van der Waals surface area contributed by atoms with Gasteiger partial charge in [-0.25, -0.2) is 0 Å². The maximum Gasteiger partial charge on any atom is 3.00 e. The third-order valence-corrected chi connectivity index (χ3v) is 0. The largest absolute Gasteiger partial charge is 3.00 e. The van der Waals surface area contributed by atoms with Crippen LogP contribution >= 0.6 is 0 Å². The Balaban J connectivity index is -0.0000000400. The van der Waals surface area contributed by atoms with E-state index in [1.165, 1.54) is 0 Å². The summed E-state index contributed by atoms with van der Waals surface area (Å²) in [6.45, 7) is 0. The zero-order valence-electron chi connectivity index (χ0n) is 6.79. The molecular formula is Ir2O12S3. The van der Waals surface area contributed by atoms with Crippen molar-refractivity contribution >= 4 is 31.2 Å². The van der Waals surface area contributed by atoms with E-state index in [2.05, 4.69) is 0 Å². The monoisotopic (exact) mass is 674 g/mol. The zero-order valence-corrected chi connectivity index (χ0v) is 14.0. The molecule has 0 N–H and O–H groups in total. The summed E-state index contributed by atoms with van der Waals surface area (Å²) in [5, 5.41) is 0. The minimum Gasteiger partial charge on any atom is -0.759 e. The van der Waals surface area contributed by atoms with Crippen molar-refractivity contribution in [2.45, 2.75) is 0 Å². The normalized spacial score (nSPS) is 10.2. The average molecular weight is 673 g/mol. The fourth-order valence-corrected chi connectivity index (χ4v) is 0. The van der Waals surface area contributed by atoms with E-state index >= 15 is 0 Å². The molecule has 0 aromatic carbocycles. The molecule has 0 aliphatic carbocycles. The first kappa shape index (κ1) is 30.7. The molecule has 17 heavy (non-hydrogen) atoms. The standard InChI is InChI=1S/2Ir.3H2O4S/c;;3*1-5(2,3)4/h;;3*(H2,1,2,3,4)/q2*+3;;;/p-6. The van der Waals surface area contributed by atoms with E-state index in [0.29, 0.717) is 0 Å². The molecule has 108 valence electrons. The Kier molecular flexibility index (Phi) is 21.6. The van der Waals surface area contributed by atoms with Crippen LogP contribution in [0.5, 0.6) is 0 Å². The molecule has 0 atom stereocenters. The van der Waals surface area contributed by atoms with E-state index in [-0.39, 0.29) is 40.2 Å². The van der Waals surface area contributed by atoms with Crippen molar-refractivity contribution in [2.75, 3.05) is 0 Å². The van der Waals surface area contributed by atoms with Crippen molar-refractivity contribution in [1.29, 1.82) is 0 Å². The third-order valence-electron chi connectivity index (χ3n) is 0. The minimum atomic E-state index is -5.17. The van der Waals surface area contributed by atoms with Gasteiger partial charge in [0.05, 0.1) is 0 Å². The van der Waals surface area contributed by atoms with Gasteiger partial charge in [-0.1, -0.05) is 0 Å². The average Bonchev–Trinajstić information content (AvgIpc) is 1.41. The van der Waals surface area contributed by atoms with Gasteiger partial charge >= 0.3 is 40.2 Å². The van der Waals surface area contributed by atoms with Gasteiger partial charge in [0.1, 0.15) is 0 Å². The third kappa shape index (κ3) is 4550. The number of hydrogen-bond donors (Lipinski definition) is 0. The van der Waals surface area contributed by atoms with Crippen LogP contribution in [0.4, 0.5) is 0 Å². The molecule has 0 aliphatic heterocycles. The van der Waals surface area contributed by atoms with E-state index in [1.807, 2.05) is 0 Å². The number of hydrogen-bond acceptors (Lipinski definition) is 12. The Morgan fingerprint density at radius 2 is 0.412 bits per heavy atom. The molecule has 0 fully saturated rings. The van der Waals surface area contributed by atoms with Gasteiger partial charge in [-0.15, -0.1) is 0 Å². The number of rotatable bonds is 0. The predicted molar refractivity (Wildman–Crippen MR) is 31.4 cm³/mol.